The highest BCUT2D eigenvalue weighted by Gasteiger charge is 2.39. The monoisotopic (exact) mass is 356 g/mol. The summed E-state index contributed by atoms with van der Waals surface area (Å²) in [6.07, 6.45) is 5.48. The van der Waals surface area contributed by atoms with E-state index in [9.17, 15) is 9.90 Å². The second-order valence-corrected chi connectivity index (χ2v) is 8.63. The van der Waals surface area contributed by atoms with Crippen molar-refractivity contribution in [3.63, 3.8) is 0 Å². The molecule has 0 bridgehead atoms. The lowest BCUT2D eigenvalue weighted by molar-refractivity contribution is -0.113. The Hall–Kier alpha value is -2.21. The molecule has 0 aromatic carbocycles. The van der Waals surface area contributed by atoms with E-state index in [2.05, 4.69) is 48.1 Å². The molecule has 1 aliphatic carbocycles. The summed E-state index contributed by atoms with van der Waals surface area (Å²) in [5.74, 6) is 0.590. The van der Waals surface area contributed by atoms with Crippen molar-refractivity contribution in [1.82, 2.24) is 15.5 Å². The molecule has 1 fully saturated rings. The molecule has 1 aliphatic heterocycles. The molecule has 26 heavy (non-hydrogen) atoms. The lowest BCUT2D eigenvalue weighted by atomic mass is 9.79. The number of aliphatic hydroxyl groups is 1. The Morgan fingerprint density at radius 1 is 1.15 bits per heavy atom. The quantitative estimate of drug-likeness (QED) is 0.867. The molecule has 140 valence electrons. The number of piperidine rings is 1. The van der Waals surface area contributed by atoms with E-state index in [-0.39, 0.29) is 34.6 Å². The topological polar surface area (TPSA) is 78.3 Å². The van der Waals surface area contributed by atoms with Gasteiger partial charge < -0.3 is 15.3 Å². The highest BCUT2D eigenvalue weighted by atomic mass is 16.3. The number of aliphatic hydroxyl groups excluding tert-OH is 1. The van der Waals surface area contributed by atoms with Crippen LogP contribution in [0.1, 0.15) is 52.7 Å². The van der Waals surface area contributed by atoms with Gasteiger partial charge in [-0.05, 0) is 58.7 Å². The highest BCUT2D eigenvalue weighted by molar-refractivity contribution is 6.22. The van der Waals surface area contributed by atoms with Gasteiger partial charge >= 0.3 is 0 Å². The van der Waals surface area contributed by atoms with E-state index in [4.69, 9.17) is 0 Å². The number of carbonyl (C=O) groups is 1. The maximum atomic E-state index is 12.1. The van der Waals surface area contributed by atoms with Crippen molar-refractivity contribution >= 4 is 17.2 Å². The SMILES string of the molecule is CN(c1ccc(C2=C(O)C=CCC2=O)nn1)C1CC(C)(C)NC(C)(C)C1. The lowest BCUT2D eigenvalue weighted by Gasteiger charge is -2.49. The summed E-state index contributed by atoms with van der Waals surface area (Å²) >= 11 is 0. The maximum Gasteiger partial charge on any atom is 0.172 e. The molecule has 6 heteroatoms. The molecular weight excluding hydrogens is 328 g/mol. The zero-order chi connectivity index (χ0) is 19.1. The number of rotatable bonds is 3. The van der Waals surface area contributed by atoms with Gasteiger partial charge in [0.25, 0.3) is 0 Å². The van der Waals surface area contributed by atoms with Gasteiger partial charge in [0, 0.05) is 30.6 Å². The molecule has 2 heterocycles. The Morgan fingerprint density at radius 2 is 1.81 bits per heavy atom. The Balaban J connectivity index is 1.82. The summed E-state index contributed by atoms with van der Waals surface area (Å²) in [6.45, 7) is 8.89. The lowest BCUT2D eigenvalue weighted by Crippen LogP contribution is -2.62. The molecule has 3 rings (SSSR count). The number of Topliss-reactive ketones (excluding diaryl/α,β-unsaturated/α-hetero) is 1. The van der Waals surface area contributed by atoms with Crippen LogP contribution in [-0.2, 0) is 4.79 Å². The largest absolute Gasteiger partial charge is 0.507 e. The Kier molecular flexibility index (Phi) is 4.65. The first-order chi connectivity index (χ1) is 12.1. The third kappa shape index (κ3) is 3.80. The summed E-state index contributed by atoms with van der Waals surface area (Å²) in [4.78, 5) is 14.2. The third-order valence-corrected chi connectivity index (χ3v) is 5.10. The van der Waals surface area contributed by atoms with Gasteiger partial charge in [0.1, 0.15) is 11.5 Å². The molecule has 1 saturated heterocycles. The van der Waals surface area contributed by atoms with Gasteiger partial charge in [0.05, 0.1) is 5.57 Å². The van der Waals surface area contributed by atoms with Crippen molar-refractivity contribution in [2.75, 3.05) is 11.9 Å². The number of nitrogens with one attached hydrogen (secondary N) is 1. The van der Waals surface area contributed by atoms with E-state index < -0.39 is 0 Å². The predicted octanol–water partition coefficient (Wildman–Crippen LogP) is 3.02. The van der Waals surface area contributed by atoms with Crippen LogP contribution in [0.5, 0.6) is 0 Å². The second-order valence-electron chi connectivity index (χ2n) is 8.63. The predicted molar refractivity (Wildman–Crippen MR) is 103 cm³/mol. The molecule has 1 aromatic rings. The molecule has 6 nitrogen and oxygen atoms in total. The molecule has 2 aliphatic rings. The van der Waals surface area contributed by atoms with Crippen molar-refractivity contribution in [1.29, 1.82) is 0 Å². The van der Waals surface area contributed by atoms with Crippen LogP contribution in [0.2, 0.25) is 0 Å². The van der Waals surface area contributed by atoms with Crippen molar-refractivity contribution in [2.45, 2.75) is 64.1 Å². The number of carbonyl (C=O) groups excluding carboxylic acids is 1. The van der Waals surface area contributed by atoms with Crippen LogP contribution in [0.15, 0.2) is 30.0 Å². The summed E-state index contributed by atoms with van der Waals surface area (Å²) < 4.78 is 0. The highest BCUT2D eigenvalue weighted by Crippen LogP contribution is 2.32. The van der Waals surface area contributed by atoms with Crippen LogP contribution < -0.4 is 10.2 Å². The summed E-state index contributed by atoms with van der Waals surface area (Å²) in [5, 5.41) is 22.2. The molecule has 0 atom stereocenters. The smallest absolute Gasteiger partial charge is 0.172 e. The Morgan fingerprint density at radius 3 is 2.35 bits per heavy atom. The minimum Gasteiger partial charge on any atom is -0.507 e. The van der Waals surface area contributed by atoms with Gasteiger partial charge in [-0.1, -0.05) is 6.08 Å². The molecule has 0 unspecified atom stereocenters. The number of aromatic nitrogens is 2. The number of anilines is 1. The van der Waals surface area contributed by atoms with Gasteiger partial charge in [-0.2, -0.15) is 0 Å². The molecule has 0 spiro atoms. The first-order valence-electron chi connectivity index (χ1n) is 9.07. The minimum atomic E-state index is -0.137. The van der Waals surface area contributed by atoms with Gasteiger partial charge in [-0.25, -0.2) is 0 Å². The van der Waals surface area contributed by atoms with Gasteiger partial charge in [-0.3, -0.25) is 4.79 Å². The zero-order valence-electron chi connectivity index (χ0n) is 16.2. The van der Waals surface area contributed by atoms with Crippen molar-refractivity contribution in [2.24, 2.45) is 0 Å². The van der Waals surface area contributed by atoms with Crippen LogP contribution in [0.3, 0.4) is 0 Å². The Bertz CT molecular complexity index is 747. The van der Waals surface area contributed by atoms with Gasteiger partial charge in [0.15, 0.2) is 11.6 Å². The first-order valence-corrected chi connectivity index (χ1v) is 9.07. The van der Waals surface area contributed by atoms with Gasteiger partial charge in [-0.15, -0.1) is 10.2 Å². The van der Waals surface area contributed by atoms with Crippen LogP contribution in [0.4, 0.5) is 5.82 Å². The van der Waals surface area contributed by atoms with Crippen LogP contribution in [0.25, 0.3) is 5.57 Å². The zero-order valence-corrected chi connectivity index (χ0v) is 16.2. The third-order valence-electron chi connectivity index (χ3n) is 5.10. The molecular formula is C20H28N4O2. The number of hydrogen-bond acceptors (Lipinski definition) is 6. The minimum absolute atomic E-state index is 0.0430. The summed E-state index contributed by atoms with van der Waals surface area (Å²) in [5.41, 5.74) is 0.759. The van der Waals surface area contributed by atoms with Crippen LogP contribution in [-0.4, -0.2) is 45.3 Å². The molecule has 0 radical (unpaired) electrons. The van der Waals surface area contributed by atoms with E-state index in [1.165, 1.54) is 6.08 Å². The number of ketones is 1. The van der Waals surface area contributed by atoms with E-state index in [0.717, 1.165) is 18.7 Å². The molecule has 1 aromatic heterocycles. The van der Waals surface area contributed by atoms with E-state index >= 15 is 0 Å². The van der Waals surface area contributed by atoms with Crippen LogP contribution >= 0.6 is 0 Å². The van der Waals surface area contributed by atoms with Gasteiger partial charge in [0.2, 0.25) is 0 Å². The van der Waals surface area contributed by atoms with Crippen molar-refractivity contribution in [3.05, 3.63) is 35.7 Å². The van der Waals surface area contributed by atoms with Crippen molar-refractivity contribution in [3.8, 4) is 0 Å². The summed E-state index contributed by atoms with van der Waals surface area (Å²) in [6, 6.07) is 3.97. The average molecular weight is 356 g/mol. The van der Waals surface area contributed by atoms with Crippen molar-refractivity contribution < 1.29 is 9.90 Å². The standard InChI is InChI=1S/C20H28N4O2/c1-19(2)11-13(12-20(3,4)23-19)24(5)17-10-9-14(21-22-17)18-15(25)7-6-8-16(18)26/h6-7,9-10,13,23,25H,8,11-12H2,1-5H3. The van der Waals surface area contributed by atoms with E-state index in [0.29, 0.717) is 11.7 Å². The van der Waals surface area contributed by atoms with E-state index in [1.54, 1.807) is 12.1 Å². The fourth-order valence-electron chi connectivity index (χ4n) is 4.26. The fourth-order valence-corrected chi connectivity index (χ4v) is 4.26. The average Bonchev–Trinajstić information content (AvgIpc) is 2.52. The first kappa shape index (κ1) is 18.6. The molecule has 2 N–H and O–H groups in total. The fraction of sp³-hybridized carbons (Fsp3) is 0.550. The number of hydrogen-bond donors (Lipinski definition) is 2. The summed E-state index contributed by atoms with van der Waals surface area (Å²) in [7, 11) is 2.04. The number of nitrogens with zero attached hydrogens (tertiary/aromatic N) is 3. The molecule has 0 amide bonds. The van der Waals surface area contributed by atoms with Crippen LogP contribution in [0, 0.1) is 0 Å². The molecule has 0 saturated carbocycles. The Labute approximate surface area is 155 Å². The second kappa shape index (κ2) is 6.50. The number of allylic oxidation sites excluding steroid dienone is 3. The maximum absolute atomic E-state index is 12.1. The van der Waals surface area contributed by atoms with E-state index in [1.807, 2.05) is 13.1 Å². The normalized spacial score (nSPS) is 22.6.